The molecule has 1 heterocycles. The number of halogens is 1. The lowest BCUT2D eigenvalue weighted by molar-refractivity contribution is -0.119. The van der Waals surface area contributed by atoms with E-state index in [0.29, 0.717) is 31.0 Å². The molecule has 1 N–H and O–H groups in total. The molecule has 1 amide bonds. The van der Waals surface area contributed by atoms with E-state index in [-0.39, 0.29) is 16.7 Å². The first-order chi connectivity index (χ1) is 13.4. The van der Waals surface area contributed by atoms with E-state index in [1.54, 1.807) is 18.2 Å². The summed E-state index contributed by atoms with van der Waals surface area (Å²) in [7, 11) is -3.56. The number of hydrogen-bond acceptors (Lipinski definition) is 3. The van der Waals surface area contributed by atoms with Gasteiger partial charge in [-0.25, -0.2) is 13.1 Å². The summed E-state index contributed by atoms with van der Waals surface area (Å²) < 4.78 is 27.9. The molecule has 2 aromatic rings. The van der Waals surface area contributed by atoms with Crippen molar-refractivity contribution in [3.8, 4) is 0 Å². The van der Waals surface area contributed by atoms with Crippen molar-refractivity contribution >= 4 is 33.2 Å². The monoisotopic (exact) mass is 418 g/mol. The molecule has 0 aromatic heterocycles. The van der Waals surface area contributed by atoms with Crippen LogP contribution in [0.5, 0.6) is 0 Å². The third kappa shape index (κ3) is 4.24. The molecule has 5 nitrogen and oxygen atoms in total. The SMILES string of the molecule is O=C(C1CC1)N1CCc2cc(S(=O)(=O)NCCCc3ccc(Cl)cc3)ccc21. The van der Waals surface area contributed by atoms with Crippen molar-refractivity contribution < 1.29 is 13.2 Å². The molecule has 0 saturated heterocycles. The first-order valence-electron chi connectivity index (χ1n) is 9.62. The highest BCUT2D eigenvalue weighted by molar-refractivity contribution is 7.89. The van der Waals surface area contributed by atoms with Crippen LogP contribution in [0.1, 0.15) is 30.4 Å². The van der Waals surface area contributed by atoms with Crippen molar-refractivity contribution in [2.75, 3.05) is 18.0 Å². The first kappa shape index (κ1) is 19.4. The summed E-state index contributed by atoms with van der Waals surface area (Å²) in [6, 6.07) is 12.6. The van der Waals surface area contributed by atoms with E-state index in [9.17, 15) is 13.2 Å². The highest BCUT2D eigenvalue weighted by Crippen LogP contribution is 2.37. The van der Waals surface area contributed by atoms with Crippen LogP contribution in [-0.2, 0) is 27.7 Å². The zero-order chi connectivity index (χ0) is 19.7. The van der Waals surface area contributed by atoms with Gasteiger partial charge in [-0.05, 0) is 73.6 Å². The number of nitrogens with zero attached hydrogens (tertiary/aromatic N) is 1. The number of amides is 1. The zero-order valence-corrected chi connectivity index (χ0v) is 17.1. The number of rotatable bonds is 7. The molecule has 2 aliphatic rings. The highest BCUT2D eigenvalue weighted by Gasteiger charge is 2.36. The second-order valence-corrected chi connectivity index (χ2v) is 9.64. The zero-order valence-electron chi connectivity index (χ0n) is 15.5. The van der Waals surface area contributed by atoms with Crippen LogP contribution in [-0.4, -0.2) is 27.4 Å². The van der Waals surface area contributed by atoms with Gasteiger partial charge in [0.1, 0.15) is 0 Å². The van der Waals surface area contributed by atoms with E-state index in [1.807, 2.05) is 29.2 Å². The number of sulfonamides is 1. The van der Waals surface area contributed by atoms with Gasteiger partial charge in [-0.1, -0.05) is 23.7 Å². The van der Waals surface area contributed by atoms with Gasteiger partial charge in [-0.3, -0.25) is 4.79 Å². The van der Waals surface area contributed by atoms with Gasteiger partial charge in [0.2, 0.25) is 15.9 Å². The van der Waals surface area contributed by atoms with E-state index in [1.165, 1.54) is 0 Å². The maximum absolute atomic E-state index is 12.6. The molecular formula is C21H23ClN2O3S. The van der Waals surface area contributed by atoms with Crippen LogP contribution in [0.25, 0.3) is 0 Å². The molecule has 0 unspecified atom stereocenters. The second kappa shape index (κ2) is 7.85. The topological polar surface area (TPSA) is 66.5 Å². The Morgan fingerprint density at radius 3 is 2.61 bits per heavy atom. The van der Waals surface area contributed by atoms with Gasteiger partial charge >= 0.3 is 0 Å². The average Bonchev–Trinajstić information content (AvgIpc) is 3.45. The fourth-order valence-electron chi connectivity index (χ4n) is 3.56. The van der Waals surface area contributed by atoms with E-state index >= 15 is 0 Å². The van der Waals surface area contributed by atoms with Crippen LogP contribution in [0.2, 0.25) is 5.02 Å². The van der Waals surface area contributed by atoms with Crippen LogP contribution >= 0.6 is 11.6 Å². The lowest BCUT2D eigenvalue weighted by Crippen LogP contribution is -2.30. The predicted octanol–water partition coefficient (Wildman–Crippen LogP) is 3.55. The van der Waals surface area contributed by atoms with Crippen molar-refractivity contribution in [2.24, 2.45) is 5.92 Å². The van der Waals surface area contributed by atoms with Crippen LogP contribution in [0, 0.1) is 5.92 Å². The molecule has 1 aliphatic carbocycles. The first-order valence-corrected chi connectivity index (χ1v) is 11.5. The van der Waals surface area contributed by atoms with Gasteiger partial charge in [-0.15, -0.1) is 0 Å². The van der Waals surface area contributed by atoms with E-state index in [0.717, 1.165) is 36.1 Å². The van der Waals surface area contributed by atoms with Crippen LogP contribution in [0.3, 0.4) is 0 Å². The van der Waals surface area contributed by atoms with Gasteiger partial charge in [0.05, 0.1) is 4.90 Å². The number of carbonyl (C=O) groups excluding carboxylic acids is 1. The van der Waals surface area contributed by atoms with Gasteiger partial charge in [0.25, 0.3) is 0 Å². The van der Waals surface area contributed by atoms with Crippen molar-refractivity contribution in [2.45, 2.75) is 37.0 Å². The third-order valence-electron chi connectivity index (χ3n) is 5.30. The number of benzene rings is 2. The fourth-order valence-corrected chi connectivity index (χ4v) is 4.81. The summed E-state index contributed by atoms with van der Waals surface area (Å²) in [4.78, 5) is 14.4. The molecule has 1 fully saturated rings. The summed E-state index contributed by atoms with van der Waals surface area (Å²) in [5, 5.41) is 0.693. The van der Waals surface area contributed by atoms with E-state index in [4.69, 9.17) is 11.6 Å². The number of fused-ring (bicyclic) bond motifs is 1. The molecule has 28 heavy (non-hydrogen) atoms. The Morgan fingerprint density at radius 1 is 1.14 bits per heavy atom. The third-order valence-corrected chi connectivity index (χ3v) is 7.01. The molecule has 0 atom stereocenters. The lowest BCUT2D eigenvalue weighted by atomic mass is 10.1. The maximum atomic E-state index is 12.6. The number of aryl methyl sites for hydroxylation is 1. The minimum absolute atomic E-state index is 0.164. The van der Waals surface area contributed by atoms with Crippen molar-refractivity contribution in [1.29, 1.82) is 0 Å². The number of nitrogens with one attached hydrogen (secondary N) is 1. The van der Waals surface area contributed by atoms with E-state index in [2.05, 4.69) is 4.72 Å². The highest BCUT2D eigenvalue weighted by atomic mass is 35.5. The molecular weight excluding hydrogens is 396 g/mol. The van der Waals surface area contributed by atoms with Gasteiger partial charge in [0.15, 0.2) is 0 Å². The molecule has 1 saturated carbocycles. The fraction of sp³-hybridized carbons (Fsp3) is 0.381. The standard InChI is InChI=1S/C21H23ClN2O3S/c22-18-7-3-15(4-8-18)2-1-12-23-28(26,27)19-9-10-20-17(14-19)11-13-24(20)21(25)16-5-6-16/h3-4,7-10,14,16,23H,1-2,5-6,11-13H2. The average molecular weight is 419 g/mol. The number of hydrogen-bond donors (Lipinski definition) is 1. The summed E-state index contributed by atoms with van der Waals surface area (Å²) >= 11 is 5.87. The van der Waals surface area contributed by atoms with Crippen molar-refractivity contribution in [3.63, 3.8) is 0 Å². The van der Waals surface area contributed by atoms with Gasteiger partial charge in [0, 0.05) is 29.7 Å². The number of carbonyl (C=O) groups is 1. The Balaban J connectivity index is 1.36. The normalized spacial score (nSPS) is 16.2. The summed E-state index contributed by atoms with van der Waals surface area (Å²) in [6.07, 6.45) is 4.12. The summed E-state index contributed by atoms with van der Waals surface area (Å²) in [6.45, 7) is 1.01. The van der Waals surface area contributed by atoms with E-state index < -0.39 is 10.0 Å². The largest absolute Gasteiger partial charge is 0.312 e. The quantitative estimate of drug-likeness (QED) is 0.699. The summed E-state index contributed by atoms with van der Waals surface area (Å²) in [5.74, 6) is 0.339. The predicted molar refractivity (Wildman–Crippen MR) is 110 cm³/mol. The minimum atomic E-state index is -3.56. The summed E-state index contributed by atoms with van der Waals surface area (Å²) in [5.41, 5.74) is 2.91. The van der Waals surface area contributed by atoms with Crippen LogP contribution in [0.15, 0.2) is 47.4 Å². The van der Waals surface area contributed by atoms with Crippen LogP contribution < -0.4 is 9.62 Å². The molecule has 1 aliphatic heterocycles. The number of anilines is 1. The molecule has 2 aromatic carbocycles. The molecule has 7 heteroatoms. The minimum Gasteiger partial charge on any atom is -0.312 e. The molecule has 148 valence electrons. The lowest BCUT2D eigenvalue weighted by Gasteiger charge is -2.17. The van der Waals surface area contributed by atoms with Gasteiger partial charge < -0.3 is 4.90 Å². The van der Waals surface area contributed by atoms with Crippen molar-refractivity contribution in [1.82, 2.24) is 4.72 Å². The molecule has 0 radical (unpaired) electrons. The van der Waals surface area contributed by atoms with Crippen LogP contribution in [0.4, 0.5) is 5.69 Å². The Kier molecular flexibility index (Phi) is 5.45. The Hall–Kier alpha value is -1.89. The molecule has 0 bridgehead atoms. The smallest absolute Gasteiger partial charge is 0.240 e. The second-order valence-electron chi connectivity index (χ2n) is 7.43. The Morgan fingerprint density at radius 2 is 1.89 bits per heavy atom. The Bertz CT molecular complexity index is 985. The van der Waals surface area contributed by atoms with Gasteiger partial charge in [-0.2, -0.15) is 0 Å². The Labute approximate surface area is 170 Å². The molecule has 4 rings (SSSR count). The maximum Gasteiger partial charge on any atom is 0.240 e. The molecule has 0 spiro atoms. The van der Waals surface area contributed by atoms with Crippen molar-refractivity contribution in [3.05, 3.63) is 58.6 Å².